The number of ether oxygens (including phenoxy) is 1. The fourth-order valence-electron chi connectivity index (χ4n) is 4.61. The second kappa shape index (κ2) is 13.4. The SMILES string of the molecule is C[C@@H](CNc1cccc(-c2nn[nH]n2)c1)NC(=O)C(CC1CCCCC1)NC(=O)OCc1ccccc1. The quantitative estimate of drug-likeness (QED) is 0.309. The largest absolute Gasteiger partial charge is 0.445 e. The fraction of sp³-hybridized carbons (Fsp3) is 0.444. The predicted molar refractivity (Wildman–Crippen MR) is 140 cm³/mol. The third-order valence-corrected chi connectivity index (χ3v) is 6.58. The number of anilines is 1. The maximum atomic E-state index is 13.2. The van der Waals surface area contributed by atoms with Gasteiger partial charge in [0.05, 0.1) is 0 Å². The van der Waals surface area contributed by atoms with E-state index in [1.165, 1.54) is 19.3 Å². The number of carbonyl (C=O) groups excluding carboxylic acids is 2. The molecular weight excluding hydrogens is 470 g/mol. The van der Waals surface area contributed by atoms with Gasteiger partial charge in [0, 0.05) is 23.8 Å². The third-order valence-electron chi connectivity index (χ3n) is 6.58. The summed E-state index contributed by atoms with van der Waals surface area (Å²) in [7, 11) is 0. The van der Waals surface area contributed by atoms with E-state index in [4.69, 9.17) is 4.74 Å². The summed E-state index contributed by atoms with van der Waals surface area (Å²) in [5, 5.41) is 23.3. The van der Waals surface area contributed by atoms with Crippen LogP contribution in [0.25, 0.3) is 11.4 Å². The van der Waals surface area contributed by atoms with Crippen molar-refractivity contribution in [1.29, 1.82) is 0 Å². The molecule has 2 aromatic carbocycles. The van der Waals surface area contributed by atoms with E-state index >= 15 is 0 Å². The van der Waals surface area contributed by atoms with Crippen LogP contribution in [-0.2, 0) is 16.1 Å². The number of hydrogen-bond acceptors (Lipinski definition) is 7. The first-order valence-corrected chi connectivity index (χ1v) is 12.9. The Labute approximate surface area is 217 Å². The summed E-state index contributed by atoms with van der Waals surface area (Å²) in [4.78, 5) is 25.8. The van der Waals surface area contributed by atoms with Crippen molar-refractivity contribution in [2.45, 2.75) is 64.1 Å². The first-order chi connectivity index (χ1) is 18.1. The van der Waals surface area contributed by atoms with E-state index < -0.39 is 12.1 Å². The van der Waals surface area contributed by atoms with E-state index in [9.17, 15) is 9.59 Å². The Morgan fingerprint density at radius 2 is 1.86 bits per heavy atom. The molecule has 0 spiro atoms. The zero-order valence-corrected chi connectivity index (χ0v) is 21.2. The van der Waals surface area contributed by atoms with Gasteiger partial charge < -0.3 is 20.7 Å². The van der Waals surface area contributed by atoms with Gasteiger partial charge in [-0.2, -0.15) is 5.21 Å². The Bertz CT molecular complexity index is 1120. The lowest BCUT2D eigenvalue weighted by Gasteiger charge is -2.27. The lowest BCUT2D eigenvalue weighted by molar-refractivity contribution is -0.124. The smallest absolute Gasteiger partial charge is 0.408 e. The summed E-state index contributed by atoms with van der Waals surface area (Å²) in [5.74, 6) is 0.734. The number of amides is 2. The number of aromatic amines is 1. The number of aromatic nitrogens is 4. The molecule has 1 aliphatic rings. The number of alkyl carbamates (subject to hydrolysis) is 1. The molecule has 1 heterocycles. The fourth-order valence-corrected chi connectivity index (χ4v) is 4.61. The molecule has 37 heavy (non-hydrogen) atoms. The van der Waals surface area contributed by atoms with Gasteiger partial charge in [-0.1, -0.05) is 74.6 Å². The average Bonchev–Trinajstić information content (AvgIpc) is 3.47. The van der Waals surface area contributed by atoms with E-state index in [-0.39, 0.29) is 18.6 Å². The van der Waals surface area contributed by atoms with Crippen LogP contribution in [0.2, 0.25) is 0 Å². The van der Waals surface area contributed by atoms with Gasteiger partial charge >= 0.3 is 6.09 Å². The number of rotatable bonds is 11. The molecule has 4 N–H and O–H groups in total. The van der Waals surface area contributed by atoms with Crippen LogP contribution in [0.1, 0.15) is 51.0 Å². The highest BCUT2D eigenvalue weighted by molar-refractivity contribution is 5.85. The summed E-state index contributed by atoms with van der Waals surface area (Å²) < 4.78 is 5.39. The van der Waals surface area contributed by atoms with Gasteiger partial charge in [-0.3, -0.25) is 4.79 Å². The van der Waals surface area contributed by atoms with Crippen LogP contribution in [0.3, 0.4) is 0 Å². The van der Waals surface area contributed by atoms with E-state index in [1.54, 1.807) is 0 Å². The van der Waals surface area contributed by atoms with Gasteiger partial charge in [0.25, 0.3) is 0 Å². The monoisotopic (exact) mass is 505 g/mol. The Kier molecular flexibility index (Phi) is 9.45. The lowest BCUT2D eigenvalue weighted by atomic mass is 9.84. The van der Waals surface area contributed by atoms with Crippen molar-refractivity contribution >= 4 is 17.7 Å². The second-order valence-corrected chi connectivity index (χ2v) is 9.61. The van der Waals surface area contributed by atoms with Crippen LogP contribution >= 0.6 is 0 Å². The van der Waals surface area contributed by atoms with Crippen LogP contribution in [0, 0.1) is 5.92 Å². The van der Waals surface area contributed by atoms with Crippen molar-refractivity contribution in [1.82, 2.24) is 31.3 Å². The second-order valence-electron chi connectivity index (χ2n) is 9.61. The molecule has 10 heteroatoms. The molecule has 4 rings (SSSR count). The maximum Gasteiger partial charge on any atom is 0.408 e. The zero-order valence-electron chi connectivity index (χ0n) is 21.2. The van der Waals surface area contributed by atoms with Crippen molar-refractivity contribution in [3.05, 3.63) is 60.2 Å². The molecule has 0 bridgehead atoms. The topological polar surface area (TPSA) is 134 Å². The number of hydrogen-bond donors (Lipinski definition) is 4. The minimum Gasteiger partial charge on any atom is -0.445 e. The highest BCUT2D eigenvalue weighted by atomic mass is 16.5. The number of nitrogens with zero attached hydrogens (tertiary/aromatic N) is 3. The van der Waals surface area contributed by atoms with Gasteiger partial charge in [-0.05, 0) is 42.2 Å². The molecule has 0 saturated heterocycles. The van der Waals surface area contributed by atoms with Crippen molar-refractivity contribution in [3.8, 4) is 11.4 Å². The number of benzene rings is 2. The van der Waals surface area contributed by atoms with Gasteiger partial charge in [0.15, 0.2) is 0 Å². The first-order valence-electron chi connectivity index (χ1n) is 12.9. The van der Waals surface area contributed by atoms with Gasteiger partial charge in [0.2, 0.25) is 11.7 Å². The molecule has 1 saturated carbocycles. The molecule has 0 radical (unpaired) electrons. The third kappa shape index (κ3) is 8.30. The summed E-state index contributed by atoms with van der Waals surface area (Å²) in [6.07, 6.45) is 5.76. The standard InChI is InChI=1S/C27H35N7O3/c1-19(17-28-23-14-8-13-22(16-23)25-31-33-34-32-25)29-26(35)24(15-20-9-4-2-5-10-20)30-27(36)37-18-21-11-6-3-7-12-21/h3,6-8,11-14,16,19-20,24,28H,2,4-5,9-10,15,17-18H2,1H3,(H,29,35)(H,30,36)(H,31,32,33,34)/t19-,24?/m0/s1. The molecule has 0 aliphatic heterocycles. The van der Waals surface area contributed by atoms with Crippen LogP contribution in [-0.4, -0.2) is 51.3 Å². The molecule has 2 atom stereocenters. The molecule has 1 aromatic heterocycles. The van der Waals surface area contributed by atoms with Gasteiger partial charge in [0.1, 0.15) is 12.6 Å². The van der Waals surface area contributed by atoms with Crippen molar-refractivity contribution in [3.63, 3.8) is 0 Å². The van der Waals surface area contributed by atoms with Crippen LogP contribution < -0.4 is 16.0 Å². The Balaban J connectivity index is 1.30. The summed E-state index contributed by atoms with van der Waals surface area (Å²) in [6.45, 7) is 2.60. The summed E-state index contributed by atoms with van der Waals surface area (Å²) in [6, 6.07) is 16.4. The lowest BCUT2D eigenvalue weighted by Crippen LogP contribution is -2.51. The minimum absolute atomic E-state index is 0.160. The molecule has 3 aromatic rings. The molecule has 10 nitrogen and oxygen atoms in total. The van der Waals surface area contributed by atoms with Crippen molar-refractivity contribution < 1.29 is 14.3 Å². The Morgan fingerprint density at radius 1 is 1.05 bits per heavy atom. The minimum atomic E-state index is -0.643. The van der Waals surface area contributed by atoms with Crippen LogP contribution in [0.5, 0.6) is 0 Å². The average molecular weight is 506 g/mol. The normalized spacial score (nSPS) is 15.4. The molecular formula is C27H35N7O3. The summed E-state index contributed by atoms with van der Waals surface area (Å²) >= 11 is 0. The summed E-state index contributed by atoms with van der Waals surface area (Å²) in [5.41, 5.74) is 2.61. The van der Waals surface area contributed by atoms with Gasteiger partial charge in [-0.25, -0.2) is 4.79 Å². The van der Waals surface area contributed by atoms with E-state index in [1.807, 2.05) is 61.5 Å². The van der Waals surface area contributed by atoms with Crippen LogP contribution in [0.4, 0.5) is 10.5 Å². The van der Waals surface area contributed by atoms with Gasteiger partial charge in [-0.15, -0.1) is 10.2 Å². The van der Waals surface area contributed by atoms with Crippen LogP contribution in [0.15, 0.2) is 54.6 Å². The van der Waals surface area contributed by atoms with E-state index in [0.29, 0.717) is 24.7 Å². The van der Waals surface area contributed by atoms with E-state index in [0.717, 1.165) is 29.7 Å². The Hall–Kier alpha value is -3.95. The van der Waals surface area contributed by atoms with E-state index in [2.05, 4.69) is 36.6 Å². The zero-order chi connectivity index (χ0) is 25.9. The molecule has 2 amide bonds. The Morgan fingerprint density at radius 3 is 2.62 bits per heavy atom. The van der Waals surface area contributed by atoms with Crippen molar-refractivity contribution in [2.75, 3.05) is 11.9 Å². The molecule has 1 aliphatic carbocycles. The highest BCUT2D eigenvalue weighted by Crippen LogP contribution is 2.27. The number of nitrogens with one attached hydrogen (secondary N) is 4. The predicted octanol–water partition coefficient (Wildman–Crippen LogP) is 4.05. The highest BCUT2D eigenvalue weighted by Gasteiger charge is 2.27. The number of H-pyrrole nitrogens is 1. The van der Waals surface area contributed by atoms with Crippen molar-refractivity contribution in [2.24, 2.45) is 5.92 Å². The molecule has 1 fully saturated rings. The molecule has 1 unspecified atom stereocenters. The first kappa shape index (κ1) is 26.1. The number of carbonyl (C=O) groups is 2. The maximum absolute atomic E-state index is 13.2. The number of tetrazole rings is 1. The molecule has 196 valence electrons.